The Morgan fingerprint density at radius 3 is 2.53 bits per heavy atom. The van der Waals surface area contributed by atoms with E-state index in [2.05, 4.69) is 0 Å². The summed E-state index contributed by atoms with van der Waals surface area (Å²) < 4.78 is 0. The minimum Gasteiger partial charge on any atom is -0.281 e. The number of hydrogen-bond acceptors (Lipinski definition) is 2. The van der Waals surface area contributed by atoms with Gasteiger partial charge in [-0.2, -0.15) is 0 Å². The van der Waals surface area contributed by atoms with Gasteiger partial charge in [0.1, 0.15) is 5.38 Å². The van der Waals surface area contributed by atoms with Crippen LogP contribution in [-0.4, -0.2) is 28.6 Å². The minimum absolute atomic E-state index is 0.125. The fourth-order valence-electron chi connectivity index (χ4n) is 1.60. The van der Waals surface area contributed by atoms with Gasteiger partial charge in [0.2, 0.25) is 11.8 Å². The van der Waals surface area contributed by atoms with E-state index in [0.29, 0.717) is 13.0 Å². The SMILES string of the molecule is CC(C)(C)C(=O)N1CCCCC(Cl)C1=O. The maximum absolute atomic E-state index is 12.0. The molecule has 86 valence electrons. The van der Waals surface area contributed by atoms with Crippen LogP contribution in [0.1, 0.15) is 40.0 Å². The van der Waals surface area contributed by atoms with Crippen molar-refractivity contribution in [3.63, 3.8) is 0 Å². The van der Waals surface area contributed by atoms with E-state index in [1.807, 2.05) is 20.8 Å². The molecule has 15 heavy (non-hydrogen) atoms. The lowest BCUT2D eigenvalue weighted by Gasteiger charge is -2.27. The number of halogens is 1. The molecule has 1 aliphatic heterocycles. The topological polar surface area (TPSA) is 37.4 Å². The monoisotopic (exact) mass is 231 g/mol. The average Bonchev–Trinajstić information content (AvgIpc) is 2.28. The van der Waals surface area contributed by atoms with Gasteiger partial charge in [-0.25, -0.2) is 0 Å². The van der Waals surface area contributed by atoms with E-state index < -0.39 is 10.8 Å². The fraction of sp³-hybridized carbons (Fsp3) is 0.818. The van der Waals surface area contributed by atoms with Gasteiger partial charge in [0.25, 0.3) is 0 Å². The summed E-state index contributed by atoms with van der Waals surface area (Å²) in [4.78, 5) is 25.1. The van der Waals surface area contributed by atoms with E-state index in [1.165, 1.54) is 4.90 Å². The first kappa shape index (κ1) is 12.5. The van der Waals surface area contributed by atoms with Crippen molar-refractivity contribution < 1.29 is 9.59 Å². The largest absolute Gasteiger partial charge is 0.281 e. The van der Waals surface area contributed by atoms with Crippen LogP contribution in [0.3, 0.4) is 0 Å². The molecule has 0 spiro atoms. The molecule has 1 atom stereocenters. The number of amides is 2. The van der Waals surface area contributed by atoms with Gasteiger partial charge >= 0.3 is 0 Å². The predicted octanol–water partition coefficient (Wildman–Crippen LogP) is 2.18. The molecule has 3 nitrogen and oxygen atoms in total. The Labute approximate surface area is 95.8 Å². The molecule has 0 aromatic carbocycles. The molecule has 0 saturated carbocycles. The number of carbonyl (C=O) groups is 2. The Balaban J connectivity index is 2.83. The van der Waals surface area contributed by atoms with Gasteiger partial charge in [-0.05, 0) is 19.3 Å². The molecule has 1 fully saturated rings. The zero-order valence-corrected chi connectivity index (χ0v) is 10.3. The third kappa shape index (κ3) is 2.94. The number of imide groups is 1. The molecule has 4 heteroatoms. The predicted molar refractivity (Wildman–Crippen MR) is 59.7 cm³/mol. The molecular formula is C11H18ClNO2. The van der Waals surface area contributed by atoms with Gasteiger partial charge in [-0.15, -0.1) is 11.6 Å². The van der Waals surface area contributed by atoms with Crippen molar-refractivity contribution in [1.82, 2.24) is 4.90 Å². The summed E-state index contributed by atoms with van der Waals surface area (Å²) in [6.07, 6.45) is 2.44. The van der Waals surface area contributed by atoms with Crippen LogP contribution in [0, 0.1) is 5.41 Å². The fourth-order valence-corrected chi connectivity index (χ4v) is 1.87. The van der Waals surface area contributed by atoms with Crippen LogP contribution in [0.5, 0.6) is 0 Å². The Kier molecular flexibility index (Phi) is 3.77. The van der Waals surface area contributed by atoms with Gasteiger partial charge < -0.3 is 0 Å². The Hall–Kier alpha value is -0.570. The van der Waals surface area contributed by atoms with Crippen LogP contribution in [-0.2, 0) is 9.59 Å². The van der Waals surface area contributed by atoms with Crippen molar-refractivity contribution in [3.05, 3.63) is 0 Å². The highest BCUT2D eigenvalue weighted by atomic mass is 35.5. The molecule has 0 aliphatic carbocycles. The van der Waals surface area contributed by atoms with Crippen LogP contribution < -0.4 is 0 Å². The molecule has 0 radical (unpaired) electrons. The van der Waals surface area contributed by atoms with Crippen molar-refractivity contribution in [2.45, 2.75) is 45.4 Å². The van der Waals surface area contributed by atoms with Crippen LogP contribution >= 0.6 is 11.6 Å². The number of rotatable bonds is 0. The highest BCUT2D eigenvalue weighted by molar-refractivity contribution is 6.31. The Morgan fingerprint density at radius 1 is 1.40 bits per heavy atom. The zero-order valence-electron chi connectivity index (χ0n) is 9.55. The standard InChI is InChI=1S/C11H18ClNO2/c1-11(2,3)10(15)13-7-5-4-6-8(12)9(13)14/h8H,4-7H2,1-3H3. The first-order valence-electron chi connectivity index (χ1n) is 5.34. The lowest BCUT2D eigenvalue weighted by atomic mass is 9.94. The summed E-state index contributed by atoms with van der Waals surface area (Å²) in [5.41, 5.74) is -0.517. The summed E-state index contributed by atoms with van der Waals surface area (Å²) in [7, 11) is 0. The van der Waals surface area contributed by atoms with Crippen molar-refractivity contribution >= 4 is 23.4 Å². The first-order chi connectivity index (χ1) is 6.84. The van der Waals surface area contributed by atoms with Crippen LogP contribution in [0.15, 0.2) is 0 Å². The first-order valence-corrected chi connectivity index (χ1v) is 5.77. The number of alkyl halides is 1. The normalized spacial score (nSPS) is 23.9. The second kappa shape index (κ2) is 4.52. The summed E-state index contributed by atoms with van der Waals surface area (Å²) in [5.74, 6) is -0.353. The van der Waals surface area contributed by atoms with Crippen molar-refractivity contribution in [1.29, 1.82) is 0 Å². The molecule has 1 aliphatic rings. The third-order valence-corrected chi connectivity index (χ3v) is 2.91. The molecule has 1 unspecified atom stereocenters. The molecule has 1 rings (SSSR count). The van der Waals surface area contributed by atoms with Gasteiger partial charge in [-0.3, -0.25) is 14.5 Å². The maximum Gasteiger partial charge on any atom is 0.247 e. The van der Waals surface area contributed by atoms with E-state index in [4.69, 9.17) is 11.6 Å². The number of likely N-dealkylation sites (tertiary alicyclic amines) is 1. The van der Waals surface area contributed by atoms with Gasteiger partial charge in [0.05, 0.1) is 0 Å². The molecular weight excluding hydrogens is 214 g/mol. The van der Waals surface area contributed by atoms with E-state index in [0.717, 1.165) is 12.8 Å². The summed E-state index contributed by atoms with van der Waals surface area (Å²) in [6, 6.07) is 0. The molecule has 0 aromatic heterocycles. The molecule has 1 heterocycles. The van der Waals surface area contributed by atoms with Gasteiger partial charge in [-0.1, -0.05) is 20.8 Å². The Morgan fingerprint density at radius 2 is 2.00 bits per heavy atom. The van der Waals surface area contributed by atoms with Crippen LogP contribution in [0.25, 0.3) is 0 Å². The van der Waals surface area contributed by atoms with Crippen LogP contribution in [0.2, 0.25) is 0 Å². The lowest BCUT2D eigenvalue weighted by Crippen LogP contribution is -2.45. The lowest BCUT2D eigenvalue weighted by molar-refractivity contribution is -0.149. The highest BCUT2D eigenvalue weighted by Gasteiger charge is 2.35. The van der Waals surface area contributed by atoms with E-state index in [1.54, 1.807) is 0 Å². The third-order valence-electron chi connectivity index (χ3n) is 2.51. The molecule has 0 bridgehead atoms. The second-order valence-corrected chi connectivity index (χ2v) is 5.54. The minimum atomic E-state index is -0.529. The molecule has 2 amide bonds. The smallest absolute Gasteiger partial charge is 0.247 e. The van der Waals surface area contributed by atoms with Crippen LogP contribution in [0.4, 0.5) is 0 Å². The summed E-state index contributed by atoms with van der Waals surface area (Å²) in [6.45, 7) is 5.96. The molecule has 0 N–H and O–H groups in total. The van der Waals surface area contributed by atoms with E-state index in [-0.39, 0.29) is 11.8 Å². The molecule has 1 saturated heterocycles. The molecule has 0 aromatic rings. The number of carbonyl (C=O) groups excluding carboxylic acids is 2. The van der Waals surface area contributed by atoms with E-state index >= 15 is 0 Å². The number of nitrogens with zero attached hydrogens (tertiary/aromatic N) is 1. The van der Waals surface area contributed by atoms with Crippen molar-refractivity contribution in [2.24, 2.45) is 5.41 Å². The summed E-state index contributed by atoms with van der Waals surface area (Å²) >= 11 is 5.92. The highest BCUT2D eigenvalue weighted by Crippen LogP contribution is 2.23. The van der Waals surface area contributed by atoms with E-state index in [9.17, 15) is 9.59 Å². The average molecular weight is 232 g/mol. The maximum atomic E-state index is 12.0. The number of hydrogen-bond donors (Lipinski definition) is 0. The quantitative estimate of drug-likeness (QED) is 0.600. The van der Waals surface area contributed by atoms with Gasteiger partial charge in [0.15, 0.2) is 0 Å². The van der Waals surface area contributed by atoms with Gasteiger partial charge in [0, 0.05) is 12.0 Å². The Bertz CT molecular complexity index is 270. The second-order valence-electron chi connectivity index (χ2n) is 5.01. The van der Waals surface area contributed by atoms with Crippen molar-refractivity contribution in [3.8, 4) is 0 Å². The summed E-state index contributed by atoms with van der Waals surface area (Å²) in [5, 5.41) is -0.529. The van der Waals surface area contributed by atoms with Crippen molar-refractivity contribution in [2.75, 3.05) is 6.54 Å². The zero-order chi connectivity index (χ0) is 11.6.